The molecule has 0 saturated carbocycles. The first-order chi connectivity index (χ1) is 14.4. The van der Waals surface area contributed by atoms with Crippen molar-refractivity contribution in [1.29, 1.82) is 0 Å². The van der Waals surface area contributed by atoms with Gasteiger partial charge in [0, 0.05) is 16.6 Å². The van der Waals surface area contributed by atoms with E-state index in [0.717, 1.165) is 12.8 Å². The lowest BCUT2D eigenvalue weighted by molar-refractivity contribution is -0.121. The molecule has 1 unspecified atom stereocenters. The van der Waals surface area contributed by atoms with Gasteiger partial charge in [0.2, 0.25) is 5.91 Å². The first-order valence-electron chi connectivity index (χ1n) is 11.1. The maximum absolute atomic E-state index is 12.6. The Kier molecular flexibility index (Phi) is 10.4. The van der Waals surface area contributed by atoms with Crippen molar-refractivity contribution in [3.63, 3.8) is 0 Å². The second-order valence-electron chi connectivity index (χ2n) is 8.95. The number of carbonyl (C=O) groups is 2. The Labute approximate surface area is 198 Å². The van der Waals surface area contributed by atoms with Crippen LogP contribution >= 0.6 is 23.2 Å². The smallest absolute Gasteiger partial charge is 0.324 e. The van der Waals surface area contributed by atoms with Crippen LogP contribution in [0.4, 0.5) is 0 Å². The number of benzene rings is 1. The molecule has 5 nitrogen and oxygen atoms in total. The first kappa shape index (κ1) is 27.8. The van der Waals surface area contributed by atoms with E-state index < -0.39 is 5.91 Å². The average Bonchev–Trinajstić information content (AvgIpc) is 2.72. The maximum Gasteiger partial charge on any atom is 0.324 e. The Morgan fingerprint density at radius 3 is 2.29 bits per heavy atom. The van der Waals surface area contributed by atoms with E-state index >= 15 is 0 Å². The molecular weight excluding hydrogens is 434 g/mol. The summed E-state index contributed by atoms with van der Waals surface area (Å²) in [5.41, 5.74) is 0.0442. The van der Waals surface area contributed by atoms with Crippen LogP contribution in [0, 0.1) is 5.92 Å². The fourth-order valence-corrected chi connectivity index (χ4v) is 4.27. The third-order valence-corrected chi connectivity index (χ3v) is 6.72. The number of nitrogens with one attached hydrogen (secondary N) is 2. The standard InChI is InChI=1S/C21H31BCl2N2O3.C2H6/c1-7-21(6)20(4,5)22(29-21)17(10-13(2)3)26-18(27)12-25-19(28)15-11-14(23)8-9-16(15)24;1-2/h8-9,11,13,17H,7,10,12H2,1-6H3,(H,25,28)(H,26,27);1-2H3/t17-,21?;/m0./s1. The molecule has 0 aliphatic carbocycles. The Balaban J connectivity index is 0.00000233. The van der Waals surface area contributed by atoms with E-state index in [2.05, 4.69) is 52.2 Å². The fourth-order valence-electron chi connectivity index (χ4n) is 3.90. The summed E-state index contributed by atoms with van der Waals surface area (Å²) in [6.45, 7) is 16.6. The normalized spacial score (nSPS) is 20.3. The predicted molar refractivity (Wildman–Crippen MR) is 131 cm³/mol. The number of rotatable bonds is 8. The molecule has 0 bridgehead atoms. The molecule has 1 heterocycles. The van der Waals surface area contributed by atoms with Crippen molar-refractivity contribution < 1.29 is 14.2 Å². The van der Waals surface area contributed by atoms with Crippen molar-refractivity contribution in [2.45, 2.75) is 85.1 Å². The summed E-state index contributed by atoms with van der Waals surface area (Å²) in [5, 5.41) is 6.31. The van der Waals surface area contributed by atoms with Crippen molar-refractivity contribution in [2.24, 2.45) is 5.92 Å². The van der Waals surface area contributed by atoms with E-state index in [1.54, 1.807) is 12.1 Å². The van der Waals surface area contributed by atoms with Crippen molar-refractivity contribution in [1.82, 2.24) is 10.6 Å². The Bertz CT molecular complexity index is 773. The maximum atomic E-state index is 12.6. The van der Waals surface area contributed by atoms with Gasteiger partial charge >= 0.3 is 6.92 Å². The molecule has 1 aliphatic rings. The van der Waals surface area contributed by atoms with Crippen LogP contribution in [0.2, 0.25) is 15.4 Å². The van der Waals surface area contributed by atoms with Crippen LogP contribution < -0.4 is 10.6 Å². The van der Waals surface area contributed by atoms with E-state index in [0.29, 0.717) is 10.9 Å². The zero-order valence-corrected chi connectivity index (χ0v) is 21.6. The quantitative estimate of drug-likeness (QED) is 0.472. The lowest BCUT2D eigenvalue weighted by atomic mass is 9.31. The zero-order valence-electron chi connectivity index (χ0n) is 20.1. The number of hydrogen-bond acceptors (Lipinski definition) is 3. The molecule has 31 heavy (non-hydrogen) atoms. The van der Waals surface area contributed by atoms with Gasteiger partial charge in [0.05, 0.1) is 17.1 Å². The van der Waals surface area contributed by atoms with Crippen LogP contribution in [-0.4, -0.2) is 36.8 Å². The first-order valence-corrected chi connectivity index (χ1v) is 11.9. The lowest BCUT2D eigenvalue weighted by Crippen LogP contribution is -2.70. The molecule has 0 radical (unpaired) electrons. The highest BCUT2D eigenvalue weighted by Crippen LogP contribution is 2.56. The molecule has 2 rings (SSSR count). The molecule has 1 aliphatic heterocycles. The van der Waals surface area contributed by atoms with Gasteiger partial charge in [-0.1, -0.05) is 71.7 Å². The van der Waals surface area contributed by atoms with E-state index in [1.165, 1.54) is 6.07 Å². The third-order valence-electron chi connectivity index (χ3n) is 6.16. The highest BCUT2D eigenvalue weighted by Gasteiger charge is 2.62. The molecule has 0 aromatic heterocycles. The van der Waals surface area contributed by atoms with Gasteiger partial charge in [-0.25, -0.2) is 0 Å². The van der Waals surface area contributed by atoms with Crippen molar-refractivity contribution >= 4 is 41.9 Å². The summed E-state index contributed by atoms with van der Waals surface area (Å²) in [5.74, 6) is -0.421. The number of carbonyl (C=O) groups excluding carboxylic acids is 2. The average molecular weight is 471 g/mol. The predicted octanol–water partition coefficient (Wildman–Crippen LogP) is 5.79. The van der Waals surface area contributed by atoms with Crippen LogP contribution in [0.5, 0.6) is 0 Å². The third kappa shape index (κ3) is 6.63. The van der Waals surface area contributed by atoms with E-state index in [-0.39, 0.29) is 46.8 Å². The minimum absolute atomic E-state index is 0.0633. The van der Waals surface area contributed by atoms with Gasteiger partial charge in [0.15, 0.2) is 0 Å². The molecule has 2 N–H and O–H groups in total. The van der Waals surface area contributed by atoms with Crippen LogP contribution in [0.25, 0.3) is 0 Å². The fraction of sp³-hybridized carbons (Fsp3) is 0.652. The summed E-state index contributed by atoms with van der Waals surface area (Å²) in [6, 6.07) is 4.64. The highest BCUT2D eigenvalue weighted by atomic mass is 35.5. The molecule has 1 aromatic carbocycles. The summed E-state index contributed by atoms with van der Waals surface area (Å²) >= 11 is 12.0. The summed E-state index contributed by atoms with van der Waals surface area (Å²) in [7, 11) is 0. The number of halogens is 2. The van der Waals surface area contributed by atoms with Gasteiger partial charge in [-0.2, -0.15) is 0 Å². The van der Waals surface area contributed by atoms with Crippen molar-refractivity contribution in [3.8, 4) is 0 Å². The van der Waals surface area contributed by atoms with Crippen molar-refractivity contribution in [3.05, 3.63) is 33.8 Å². The summed E-state index contributed by atoms with van der Waals surface area (Å²) in [6.07, 6.45) is 1.71. The van der Waals surface area contributed by atoms with Crippen LogP contribution in [0.15, 0.2) is 18.2 Å². The van der Waals surface area contributed by atoms with E-state index in [4.69, 9.17) is 27.9 Å². The molecule has 0 spiro atoms. The van der Waals surface area contributed by atoms with E-state index in [9.17, 15) is 9.59 Å². The largest absolute Gasteiger partial charge is 0.428 e. The highest BCUT2D eigenvalue weighted by molar-refractivity contribution is 6.61. The van der Waals surface area contributed by atoms with Crippen LogP contribution in [0.1, 0.15) is 78.6 Å². The van der Waals surface area contributed by atoms with Gasteiger partial charge in [-0.3, -0.25) is 9.59 Å². The Morgan fingerprint density at radius 1 is 1.16 bits per heavy atom. The molecular formula is C23H37BCl2N2O3. The van der Waals surface area contributed by atoms with Crippen molar-refractivity contribution in [2.75, 3.05) is 6.54 Å². The molecule has 8 heteroatoms. The molecule has 1 aromatic rings. The summed E-state index contributed by atoms with van der Waals surface area (Å²) < 4.78 is 6.24. The molecule has 174 valence electrons. The van der Waals surface area contributed by atoms with E-state index in [1.807, 2.05) is 13.8 Å². The Hall–Kier alpha value is -1.24. The summed E-state index contributed by atoms with van der Waals surface area (Å²) in [4.78, 5) is 24.9. The van der Waals surface area contributed by atoms with Crippen LogP contribution in [-0.2, 0) is 9.45 Å². The topological polar surface area (TPSA) is 67.4 Å². The van der Waals surface area contributed by atoms with Gasteiger partial charge < -0.3 is 15.3 Å². The lowest BCUT2D eigenvalue weighted by Gasteiger charge is -2.60. The van der Waals surface area contributed by atoms with Gasteiger partial charge in [-0.15, -0.1) is 0 Å². The monoisotopic (exact) mass is 470 g/mol. The zero-order chi connectivity index (χ0) is 24.0. The minimum Gasteiger partial charge on any atom is -0.428 e. The minimum atomic E-state index is -0.438. The van der Waals surface area contributed by atoms with Gasteiger partial charge in [-0.05, 0) is 49.2 Å². The number of hydrogen-bond donors (Lipinski definition) is 2. The molecule has 2 atom stereocenters. The Morgan fingerprint density at radius 2 is 1.77 bits per heavy atom. The van der Waals surface area contributed by atoms with Crippen LogP contribution in [0.3, 0.4) is 0 Å². The molecule has 1 saturated heterocycles. The number of amides is 2. The second kappa shape index (κ2) is 11.6. The molecule has 1 fully saturated rings. The van der Waals surface area contributed by atoms with Gasteiger partial charge in [0.1, 0.15) is 0 Å². The second-order valence-corrected chi connectivity index (χ2v) is 9.80. The SMILES string of the molecule is CC.CCC1(C)OB([C@H](CC(C)C)NC(=O)CNC(=O)c2cc(Cl)ccc2Cl)C1(C)C. The molecule has 2 amide bonds. The van der Waals surface area contributed by atoms with Gasteiger partial charge in [0.25, 0.3) is 5.91 Å².